The number of hydrogen-bond donors (Lipinski definition) is 8. The fourth-order valence-electron chi connectivity index (χ4n) is 21.4. The zero-order valence-corrected chi connectivity index (χ0v) is 82.2. The molecule has 130 heavy (non-hydrogen) atoms. The molecule has 0 aromatic heterocycles. The summed E-state index contributed by atoms with van der Waals surface area (Å²) < 4.78 is 25.5. The number of imide groups is 2. The summed E-state index contributed by atoms with van der Waals surface area (Å²) in [5.41, 5.74) is 28.5. The van der Waals surface area contributed by atoms with Gasteiger partial charge in [0.1, 0.15) is 24.2 Å². The van der Waals surface area contributed by atoms with Crippen molar-refractivity contribution in [2.45, 2.75) is 319 Å². The first-order chi connectivity index (χ1) is 60.8. The third-order valence-electron chi connectivity index (χ3n) is 30.9. The van der Waals surface area contributed by atoms with Gasteiger partial charge in [0.05, 0.1) is 26.4 Å². The van der Waals surface area contributed by atoms with Crippen LogP contribution in [0, 0.1) is 13.8 Å². The second-order valence-corrected chi connectivity index (χ2v) is 45.4. The van der Waals surface area contributed by atoms with Crippen LogP contribution in [0.15, 0.2) is 158 Å². The van der Waals surface area contributed by atoms with Crippen molar-refractivity contribution in [3.05, 3.63) is 280 Å². The van der Waals surface area contributed by atoms with E-state index in [4.69, 9.17) is 43.4 Å². The van der Waals surface area contributed by atoms with Crippen LogP contribution in [-0.4, -0.2) is 96.5 Å². The van der Waals surface area contributed by atoms with Crippen LogP contribution in [0.3, 0.4) is 0 Å². The lowest BCUT2D eigenvalue weighted by atomic mass is 9.62. The van der Waals surface area contributed by atoms with Gasteiger partial charge in [0.15, 0.2) is 10.2 Å². The zero-order chi connectivity index (χ0) is 93.8. The van der Waals surface area contributed by atoms with E-state index in [1.54, 1.807) is 0 Å². The van der Waals surface area contributed by atoms with E-state index < -0.39 is 35.7 Å². The number of benzene rings is 8. The van der Waals surface area contributed by atoms with Crippen LogP contribution >= 0.6 is 24.4 Å². The Morgan fingerprint density at radius 1 is 0.285 bits per heavy atom. The summed E-state index contributed by atoms with van der Waals surface area (Å²) in [5.74, 6) is -2.54. The Hall–Kier alpha value is -9.80. The second-order valence-electron chi connectivity index (χ2n) is 44.6. The monoisotopic (exact) mass is 1790 g/mol. The van der Waals surface area contributed by atoms with Gasteiger partial charge in [0, 0.05) is 58.8 Å². The standard InChI is InChI=1S/C28H34N2O4.C28H34N2O3S.C27H34N2O2.C27H34N2OS/c1-17-14-21-22(27(4,5)11-10-26(21,2)3)16-20(17)28(33-12-13-34-28)19-8-6-18(7-9-19)15-23-24(31)30-25(32)29-23;1-17-14-21-22(27(4,5)11-10-26(21,2)3)16-20(17)28(32-12-13-33-28)19-8-6-18(7-9-19)15-23-24(31)30-25(34)29-23;2*1-25(2)13-14-26(3,4)21-16-19(11-12-20(21)25)27(5,6)18-9-7-17(8-10-18)15-22-23(30)29-24(31)28-22/h6-9,14,16,23H,10-13,15H2,1-5H3,(H2,29,30,31,32);6-9,14,16,23H,10-13,15H2,1-5H3,(H2,29,30,31,34);2*7-12,16,22H,13-15H2,1-6H3,(H2,28,29,30,31). The minimum absolute atomic E-state index is 0.0472. The molecule has 18 nitrogen and oxygen atoms in total. The number of urea groups is 2. The van der Waals surface area contributed by atoms with Crippen molar-refractivity contribution in [1.82, 2.24) is 42.5 Å². The number of amides is 8. The molecule has 0 saturated carbocycles. The normalized spacial score (nSPS) is 23.2. The molecule has 4 aliphatic carbocycles. The molecule has 0 spiro atoms. The van der Waals surface area contributed by atoms with Crippen LogP contribution in [0.1, 0.15) is 312 Å². The highest BCUT2D eigenvalue weighted by atomic mass is 32.1. The molecule has 6 fully saturated rings. The Bertz CT molecular complexity index is 5410. The molecule has 6 saturated heterocycles. The summed E-state index contributed by atoms with van der Waals surface area (Å²) in [7, 11) is 0. The predicted molar refractivity (Wildman–Crippen MR) is 523 cm³/mol. The average molecular weight is 1790 g/mol. The van der Waals surface area contributed by atoms with Crippen LogP contribution in [0.4, 0.5) is 9.59 Å². The highest BCUT2D eigenvalue weighted by Crippen LogP contribution is 2.54. The van der Waals surface area contributed by atoms with Crippen LogP contribution in [0.25, 0.3) is 0 Å². The molecule has 8 aromatic carbocycles. The quantitative estimate of drug-likeness (QED) is 0.0332. The molecule has 8 amide bonds. The van der Waals surface area contributed by atoms with Gasteiger partial charge in [-0.1, -0.05) is 284 Å². The van der Waals surface area contributed by atoms with Crippen molar-refractivity contribution in [3.63, 3.8) is 0 Å². The lowest BCUT2D eigenvalue weighted by molar-refractivity contribution is -0.130. The second kappa shape index (κ2) is 35.0. The Balaban J connectivity index is 0.000000133. The highest BCUT2D eigenvalue weighted by molar-refractivity contribution is 7.80. The smallest absolute Gasteiger partial charge is 0.322 e. The molecule has 6 aliphatic heterocycles. The number of fused-ring (bicyclic) bond motifs is 4. The number of aryl methyl sites for hydroxylation is 2. The molecule has 4 unspecified atom stereocenters. The van der Waals surface area contributed by atoms with E-state index in [9.17, 15) is 28.8 Å². The van der Waals surface area contributed by atoms with Gasteiger partial charge in [0.25, 0.3) is 11.8 Å². The molecule has 10 aliphatic rings. The molecule has 688 valence electrons. The van der Waals surface area contributed by atoms with Gasteiger partial charge in [-0.3, -0.25) is 29.8 Å². The SMILES string of the molecule is CC1(C)CCC(C)(C)c2cc(C(C)(C)c3ccc(CC4NC(=O)NC4=O)cc3)ccc21.CC1(C)CCC(C)(C)c2cc(C(C)(C)c3ccc(CC4NC(=S)NC4=O)cc3)ccc21.Cc1cc2c(cc1C1(c3ccc(CC4NC(=O)NC4=O)cc3)OCCO1)C(C)(C)CCC2(C)C.Cc1cc2c(cc1C1(c3ccc(CC4NC(=S)NC4=O)cc3)OCCO1)C(C)(C)CCC2(C)C. The minimum atomic E-state index is -0.950. The third-order valence-corrected chi connectivity index (χ3v) is 31.3. The molecule has 4 atom stereocenters. The Morgan fingerprint density at radius 2 is 0.515 bits per heavy atom. The largest absolute Gasteiger partial charge is 0.350 e. The third kappa shape index (κ3) is 18.8. The molecule has 8 N–H and O–H groups in total. The molecule has 6 heterocycles. The molecule has 8 aromatic rings. The maximum atomic E-state index is 12.1. The number of hydrogen-bond acceptors (Lipinski definition) is 12. The predicted octanol–water partition coefficient (Wildman–Crippen LogP) is 19.2. The molecule has 0 bridgehead atoms. The number of thiocarbonyl (C=S) groups is 2. The van der Waals surface area contributed by atoms with Crippen molar-refractivity contribution in [3.8, 4) is 0 Å². The van der Waals surface area contributed by atoms with E-state index in [0.29, 0.717) is 62.3 Å². The summed E-state index contributed by atoms with van der Waals surface area (Å²) in [6, 6.07) is 54.5. The molecular formula is C110H136N8O10S2. The zero-order valence-electron chi connectivity index (χ0n) is 80.5. The number of nitrogens with one attached hydrogen (secondary N) is 8. The first kappa shape index (κ1) is 94.8. The van der Waals surface area contributed by atoms with Crippen molar-refractivity contribution in [2.75, 3.05) is 26.4 Å². The summed E-state index contributed by atoms with van der Waals surface area (Å²) in [6.07, 6.45) is 11.7. The van der Waals surface area contributed by atoms with Gasteiger partial charge in [-0.2, -0.15) is 0 Å². The molecule has 18 rings (SSSR count). The number of carbonyl (C=O) groups excluding carboxylic acids is 6. The van der Waals surface area contributed by atoms with Gasteiger partial charge in [0.2, 0.25) is 23.4 Å². The number of rotatable bonds is 16. The maximum Gasteiger partial charge on any atom is 0.322 e. The van der Waals surface area contributed by atoms with Crippen LogP contribution in [0.5, 0.6) is 0 Å². The van der Waals surface area contributed by atoms with Gasteiger partial charge >= 0.3 is 12.1 Å². The van der Waals surface area contributed by atoms with E-state index in [-0.39, 0.29) is 89.9 Å². The fraction of sp³-hybridized carbons (Fsp3) is 0.491. The average Bonchev–Trinajstić information content (AvgIpc) is 1.37. The molecule has 20 heteroatoms. The first-order valence-electron chi connectivity index (χ1n) is 46.9. The van der Waals surface area contributed by atoms with Crippen LogP contribution in [-0.2, 0) is 130 Å². The lowest BCUT2D eigenvalue weighted by Crippen LogP contribution is -2.36. The summed E-state index contributed by atoms with van der Waals surface area (Å²) >= 11 is 10.1. The molecule has 0 radical (unpaired) electrons. The summed E-state index contributed by atoms with van der Waals surface area (Å²) in [5, 5.41) is 22.1. The maximum absolute atomic E-state index is 12.1. The van der Waals surface area contributed by atoms with E-state index in [1.807, 2.05) is 24.3 Å². The van der Waals surface area contributed by atoms with E-state index in [1.165, 1.54) is 116 Å². The van der Waals surface area contributed by atoms with E-state index >= 15 is 0 Å². The van der Waals surface area contributed by atoms with Crippen LogP contribution in [0.2, 0.25) is 0 Å². The summed E-state index contributed by atoms with van der Waals surface area (Å²) in [4.78, 5) is 70.5. The van der Waals surface area contributed by atoms with E-state index in [2.05, 4.69) is 328 Å². The van der Waals surface area contributed by atoms with Gasteiger partial charge in [-0.25, -0.2) is 9.59 Å². The Morgan fingerprint density at radius 3 is 0.769 bits per heavy atom. The lowest BCUT2D eigenvalue weighted by Gasteiger charge is -2.43. The van der Waals surface area contributed by atoms with Gasteiger partial charge < -0.3 is 50.8 Å². The van der Waals surface area contributed by atoms with Gasteiger partial charge in [-0.15, -0.1) is 0 Å². The fourth-order valence-corrected chi connectivity index (χ4v) is 21.9. The topological polar surface area (TPSA) is 236 Å². The minimum Gasteiger partial charge on any atom is -0.350 e. The first-order valence-corrected chi connectivity index (χ1v) is 47.7. The Kier molecular flexibility index (Phi) is 25.5. The molecular weight excluding hydrogens is 1660 g/mol. The van der Waals surface area contributed by atoms with Crippen molar-refractivity contribution < 1.29 is 47.7 Å². The van der Waals surface area contributed by atoms with Gasteiger partial charge in [-0.05, 0) is 245 Å². The van der Waals surface area contributed by atoms with Crippen molar-refractivity contribution in [2.24, 2.45) is 0 Å². The van der Waals surface area contributed by atoms with Crippen molar-refractivity contribution >= 4 is 70.4 Å². The summed E-state index contributed by atoms with van der Waals surface area (Å²) in [6.45, 7) is 53.3. The van der Waals surface area contributed by atoms with Crippen molar-refractivity contribution in [1.29, 1.82) is 0 Å². The highest BCUT2D eigenvalue weighted by Gasteiger charge is 2.49. The van der Waals surface area contributed by atoms with E-state index in [0.717, 1.165) is 57.3 Å². The Labute approximate surface area is 781 Å². The number of ether oxygens (including phenoxy) is 4. The number of carbonyl (C=O) groups is 6. The van der Waals surface area contributed by atoms with Crippen LogP contribution < -0.4 is 42.5 Å².